The second-order valence-corrected chi connectivity index (χ2v) is 7.57. The van der Waals surface area contributed by atoms with Gasteiger partial charge in [-0.2, -0.15) is 0 Å². The van der Waals surface area contributed by atoms with Crippen LogP contribution in [0.25, 0.3) is 5.65 Å². The van der Waals surface area contributed by atoms with Crippen LogP contribution in [-0.4, -0.2) is 27.0 Å². The number of amides is 1. The number of rotatable bonds is 5. The summed E-state index contributed by atoms with van der Waals surface area (Å²) < 4.78 is 26.4. The van der Waals surface area contributed by atoms with E-state index in [9.17, 15) is 9.18 Å². The van der Waals surface area contributed by atoms with E-state index in [1.165, 1.54) is 12.1 Å². The third-order valence-electron chi connectivity index (χ3n) is 5.19. The van der Waals surface area contributed by atoms with E-state index in [-0.39, 0.29) is 25.1 Å². The molecule has 0 fully saturated rings. The first-order valence-corrected chi connectivity index (χ1v) is 9.93. The zero-order chi connectivity index (χ0) is 21.4. The highest BCUT2D eigenvalue weighted by molar-refractivity contribution is 5.93. The molecule has 3 heterocycles. The summed E-state index contributed by atoms with van der Waals surface area (Å²) in [4.78, 5) is 19.6. The van der Waals surface area contributed by atoms with Crippen molar-refractivity contribution >= 4 is 11.6 Å². The van der Waals surface area contributed by atoms with Crippen LogP contribution in [0.4, 0.5) is 4.39 Å². The molecule has 0 saturated heterocycles. The average molecular weight is 417 g/mol. The molecule has 1 amide bonds. The summed E-state index contributed by atoms with van der Waals surface area (Å²) in [6, 6.07) is 15.7. The van der Waals surface area contributed by atoms with Gasteiger partial charge in [-0.1, -0.05) is 18.2 Å². The fraction of sp³-hybridized carbons (Fsp3) is 0.167. The Morgan fingerprint density at radius 2 is 1.87 bits per heavy atom. The third kappa shape index (κ3) is 3.94. The molecule has 7 heteroatoms. The van der Waals surface area contributed by atoms with Gasteiger partial charge in [0.25, 0.3) is 5.91 Å². The summed E-state index contributed by atoms with van der Waals surface area (Å²) in [5.41, 5.74) is 3.69. The molecule has 0 atom stereocenters. The summed E-state index contributed by atoms with van der Waals surface area (Å²) in [5.74, 6) is 0.765. The van der Waals surface area contributed by atoms with Crippen molar-refractivity contribution in [2.45, 2.75) is 20.0 Å². The van der Waals surface area contributed by atoms with E-state index in [0.29, 0.717) is 34.9 Å². The lowest BCUT2D eigenvalue weighted by Crippen LogP contribution is -2.30. The van der Waals surface area contributed by atoms with Crippen molar-refractivity contribution in [3.05, 3.63) is 95.2 Å². The quantitative estimate of drug-likeness (QED) is 0.484. The molecule has 1 aliphatic heterocycles. The van der Waals surface area contributed by atoms with Gasteiger partial charge in [0.15, 0.2) is 11.5 Å². The third-order valence-corrected chi connectivity index (χ3v) is 5.19. The predicted octanol–water partition coefficient (Wildman–Crippen LogP) is 4.35. The Morgan fingerprint density at radius 3 is 2.71 bits per heavy atom. The van der Waals surface area contributed by atoms with Crippen LogP contribution >= 0.6 is 0 Å². The number of hydrogen-bond acceptors (Lipinski definition) is 4. The minimum atomic E-state index is -0.337. The minimum Gasteiger partial charge on any atom is -0.454 e. The largest absolute Gasteiger partial charge is 0.454 e. The van der Waals surface area contributed by atoms with Crippen molar-refractivity contribution in [1.29, 1.82) is 0 Å². The lowest BCUT2D eigenvalue weighted by molar-refractivity contribution is 0.0724. The molecule has 6 nitrogen and oxygen atoms in total. The summed E-state index contributed by atoms with van der Waals surface area (Å²) in [5, 5.41) is 0. The zero-order valence-electron chi connectivity index (χ0n) is 16.9. The maximum absolute atomic E-state index is 13.7. The van der Waals surface area contributed by atoms with E-state index in [4.69, 9.17) is 9.47 Å². The Bertz CT molecular complexity index is 1280. The molecular formula is C24H20FN3O3. The first-order valence-electron chi connectivity index (χ1n) is 9.93. The number of imidazole rings is 1. The lowest BCUT2D eigenvalue weighted by Gasteiger charge is -2.22. The van der Waals surface area contributed by atoms with Crippen LogP contribution in [0.5, 0.6) is 11.5 Å². The molecule has 0 saturated carbocycles. The van der Waals surface area contributed by atoms with Gasteiger partial charge in [-0.3, -0.25) is 4.79 Å². The first-order chi connectivity index (χ1) is 15.0. The Balaban J connectivity index is 1.47. The molecule has 5 rings (SSSR count). The van der Waals surface area contributed by atoms with E-state index in [1.807, 2.05) is 47.9 Å². The molecule has 0 N–H and O–H groups in total. The van der Waals surface area contributed by atoms with Gasteiger partial charge in [0.05, 0.1) is 0 Å². The number of aryl methyl sites for hydroxylation is 1. The molecule has 2 aromatic heterocycles. The zero-order valence-corrected chi connectivity index (χ0v) is 16.9. The monoisotopic (exact) mass is 417 g/mol. The molecule has 31 heavy (non-hydrogen) atoms. The molecule has 0 spiro atoms. The van der Waals surface area contributed by atoms with Gasteiger partial charge in [-0.25, -0.2) is 9.37 Å². The molecule has 2 aromatic carbocycles. The number of ether oxygens (including phenoxy) is 2. The summed E-state index contributed by atoms with van der Waals surface area (Å²) in [6.45, 7) is 2.73. The van der Waals surface area contributed by atoms with Crippen molar-refractivity contribution in [1.82, 2.24) is 14.3 Å². The van der Waals surface area contributed by atoms with Gasteiger partial charge in [0, 0.05) is 25.5 Å². The molecule has 0 radical (unpaired) electrons. The molecule has 4 aromatic rings. The second-order valence-electron chi connectivity index (χ2n) is 7.57. The molecule has 0 bridgehead atoms. The van der Waals surface area contributed by atoms with E-state index < -0.39 is 0 Å². The summed E-state index contributed by atoms with van der Waals surface area (Å²) in [7, 11) is 0. The highest BCUT2D eigenvalue weighted by atomic mass is 19.1. The number of carbonyl (C=O) groups excluding carboxylic acids is 1. The van der Waals surface area contributed by atoms with Crippen LogP contribution in [0.15, 0.2) is 67.0 Å². The van der Waals surface area contributed by atoms with Gasteiger partial charge >= 0.3 is 0 Å². The predicted molar refractivity (Wildman–Crippen MR) is 112 cm³/mol. The van der Waals surface area contributed by atoms with Crippen LogP contribution in [0, 0.1) is 12.7 Å². The number of hydrogen-bond donors (Lipinski definition) is 0. The minimum absolute atomic E-state index is 0.186. The standard InChI is InChI=1S/C24H20FN3O3/c1-16-7-8-27-14-20(26-23(27)9-16)24(29)28(12-17-3-2-4-19(25)10-17)13-18-5-6-21-22(11-18)31-15-30-21/h2-11,14H,12-13,15H2,1H3. The molecule has 1 aliphatic rings. The fourth-order valence-corrected chi connectivity index (χ4v) is 3.66. The van der Waals surface area contributed by atoms with Crippen LogP contribution in [-0.2, 0) is 13.1 Å². The van der Waals surface area contributed by atoms with Gasteiger partial charge in [0.1, 0.15) is 17.2 Å². The van der Waals surface area contributed by atoms with E-state index in [0.717, 1.165) is 11.1 Å². The van der Waals surface area contributed by atoms with E-state index in [1.54, 1.807) is 23.2 Å². The topological polar surface area (TPSA) is 56.1 Å². The average Bonchev–Trinajstić information content (AvgIpc) is 3.38. The van der Waals surface area contributed by atoms with Gasteiger partial charge < -0.3 is 18.8 Å². The number of aromatic nitrogens is 2. The number of pyridine rings is 1. The normalized spacial score (nSPS) is 12.3. The Hall–Kier alpha value is -3.87. The van der Waals surface area contributed by atoms with Crippen LogP contribution in [0.3, 0.4) is 0 Å². The van der Waals surface area contributed by atoms with Crippen molar-refractivity contribution in [2.24, 2.45) is 0 Å². The van der Waals surface area contributed by atoms with Gasteiger partial charge in [0.2, 0.25) is 6.79 Å². The highest BCUT2D eigenvalue weighted by Gasteiger charge is 2.21. The summed E-state index contributed by atoms with van der Waals surface area (Å²) in [6.07, 6.45) is 3.60. The Kier molecular flexibility index (Phi) is 4.78. The lowest BCUT2D eigenvalue weighted by atomic mass is 10.1. The van der Waals surface area contributed by atoms with Crippen LogP contribution in [0.2, 0.25) is 0 Å². The Labute approximate surface area is 178 Å². The SMILES string of the molecule is Cc1ccn2cc(C(=O)N(Cc3cccc(F)c3)Cc3ccc4c(c3)OCO4)nc2c1. The summed E-state index contributed by atoms with van der Waals surface area (Å²) >= 11 is 0. The maximum Gasteiger partial charge on any atom is 0.274 e. The number of carbonyl (C=O) groups is 1. The van der Waals surface area contributed by atoms with Crippen LogP contribution < -0.4 is 9.47 Å². The number of halogens is 1. The van der Waals surface area contributed by atoms with Crippen molar-refractivity contribution < 1.29 is 18.7 Å². The molecule has 0 unspecified atom stereocenters. The van der Waals surface area contributed by atoms with Gasteiger partial charge in [-0.05, 0) is 60.0 Å². The Morgan fingerprint density at radius 1 is 1.06 bits per heavy atom. The van der Waals surface area contributed by atoms with Crippen molar-refractivity contribution in [3.63, 3.8) is 0 Å². The highest BCUT2D eigenvalue weighted by Crippen LogP contribution is 2.33. The number of nitrogens with zero attached hydrogens (tertiary/aromatic N) is 3. The maximum atomic E-state index is 13.7. The smallest absolute Gasteiger partial charge is 0.274 e. The van der Waals surface area contributed by atoms with Gasteiger partial charge in [-0.15, -0.1) is 0 Å². The number of fused-ring (bicyclic) bond motifs is 2. The molecular weight excluding hydrogens is 397 g/mol. The van der Waals surface area contributed by atoms with Crippen molar-refractivity contribution in [3.8, 4) is 11.5 Å². The van der Waals surface area contributed by atoms with E-state index >= 15 is 0 Å². The number of benzene rings is 2. The van der Waals surface area contributed by atoms with Crippen molar-refractivity contribution in [2.75, 3.05) is 6.79 Å². The fourth-order valence-electron chi connectivity index (χ4n) is 3.66. The van der Waals surface area contributed by atoms with E-state index in [2.05, 4.69) is 4.98 Å². The molecule has 0 aliphatic carbocycles. The second kappa shape index (κ2) is 7.75. The molecule has 156 valence electrons. The first kappa shape index (κ1) is 19.1. The van der Waals surface area contributed by atoms with Crippen LogP contribution in [0.1, 0.15) is 27.2 Å².